The highest BCUT2D eigenvalue weighted by molar-refractivity contribution is 5.91. The minimum Gasteiger partial charge on any atom is -0.493 e. The summed E-state index contributed by atoms with van der Waals surface area (Å²) in [5, 5.41) is 42.3. The number of benzene rings is 6. The Morgan fingerprint density at radius 1 is 0.382 bits per heavy atom. The molecule has 0 aliphatic heterocycles. The van der Waals surface area contributed by atoms with Crippen LogP contribution in [-0.4, -0.2) is 70.7 Å². The summed E-state index contributed by atoms with van der Waals surface area (Å²) in [5.74, 6) is -3.29. The van der Waals surface area contributed by atoms with Crippen LogP contribution in [0.4, 0.5) is 0 Å². The zero-order chi connectivity index (χ0) is 48.2. The van der Waals surface area contributed by atoms with Crippen LogP contribution in [-0.2, 0) is 38.5 Å². The van der Waals surface area contributed by atoms with E-state index in [9.17, 15) is 39.6 Å². The summed E-state index contributed by atoms with van der Waals surface area (Å²) >= 11 is 0. The van der Waals surface area contributed by atoms with E-state index in [0.717, 1.165) is 11.1 Å². The van der Waals surface area contributed by atoms with Crippen LogP contribution in [0.1, 0.15) is 137 Å². The molecular weight excluding hydrogens is 865 g/mol. The van der Waals surface area contributed by atoms with Gasteiger partial charge in [0.15, 0.2) is 0 Å². The molecule has 12 heteroatoms. The Morgan fingerprint density at radius 3 is 0.838 bits per heavy atom. The maximum Gasteiger partial charge on any atom is 0.335 e. The molecule has 0 radical (unpaired) electrons. The van der Waals surface area contributed by atoms with Crippen molar-refractivity contribution in [3.8, 4) is 23.0 Å². The highest BCUT2D eigenvalue weighted by atomic mass is 16.5. The molecule has 0 heterocycles. The van der Waals surface area contributed by atoms with Gasteiger partial charge in [0.1, 0.15) is 23.0 Å². The molecule has 0 fully saturated rings. The van der Waals surface area contributed by atoms with Crippen LogP contribution in [0.3, 0.4) is 0 Å². The van der Waals surface area contributed by atoms with Gasteiger partial charge in [-0.15, -0.1) is 0 Å². The molecule has 68 heavy (non-hydrogen) atoms. The maximum atomic E-state index is 13.0. The van der Waals surface area contributed by atoms with Gasteiger partial charge in [0.05, 0.1) is 48.7 Å². The van der Waals surface area contributed by atoms with Gasteiger partial charge in [-0.25, -0.2) is 19.2 Å². The van der Waals surface area contributed by atoms with Crippen molar-refractivity contribution in [2.75, 3.05) is 26.4 Å². The molecular formula is C56H56O12. The number of carboxylic acid groups (broad SMARTS) is 4. The fourth-order valence-corrected chi connectivity index (χ4v) is 8.72. The van der Waals surface area contributed by atoms with Crippen molar-refractivity contribution in [2.24, 2.45) is 0 Å². The number of carboxylic acids is 4. The third-order valence-electron chi connectivity index (χ3n) is 11.8. The monoisotopic (exact) mass is 920 g/mol. The standard InChI is InChI=1S/C56H56O12/c1-3-19-65-49-37-23-41-31-47(55(61)62)33-43(51(41)67-21-11-17-35-13-7-5-8-14-35)25-39-29-46(54(59)60)30-40(50(39)66-20-4-2)26-44-34-48(56(63)64)32-42(24-38(49)28-45(27-37)53(57)58)52(44)68-22-12-18-36-15-9-6-10-16-36/h5-10,13-16,27-34H,3-4,11-12,17-26H2,1-2H3,(H,57,58)(H,59,60)(H,61,62)(H,63,64). The van der Waals surface area contributed by atoms with E-state index in [1.807, 2.05) is 74.5 Å². The first-order valence-corrected chi connectivity index (χ1v) is 23.1. The quantitative estimate of drug-likeness (QED) is 0.0531. The predicted molar refractivity (Wildman–Crippen MR) is 257 cm³/mol. The van der Waals surface area contributed by atoms with Crippen LogP contribution in [0.2, 0.25) is 0 Å². The summed E-state index contributed by atoms with van der Waals surface area (Å²) in [6, 6.07) is 32.1. The van der Waals surface area contributed by atoms with Crippen LogP contribution >= 0.6 is 0 Å². The van der Waals surface area contributed by atoms with E-state index < -0.39 is 23.9 Å². The molecule has 1 aliphatic carbocycles. The molecule has 0 unspecified atom stereocenters. The second kappa shape index (κ2) is 22.7. The van der Waals surface area contributed by atoms with E-state index >= 15 is 0 Å². The Labute approximate surface area is 395 Å². The Bertz CT molecular complexity index is 2490. The normalized spacial score (nSPS) is 11.9. The van der Waals surface area contributed by atoms with Gasteiger partial charge >= 0.3 is 23.9 Å². The van der Waals surface area contributed by atoms with Crippen molar-refractivity contribution in [2.45, 2.75) is 78.1 Å². The number of carbonyl (C=O) groups is 4. The molecule has 0 aromatic heterocycles. The van der Waals surface area contributed by atoms with Gasteiger partial charge in [-0.2, -0.15) is 0 Å². The number of fused-ring (bicyclic) bond motifs is 8. The lowest BCUT2D eigenvalue weighted by atomic mass is 9.88. The average Bonchev–Trinajstić information content (AvgIpc) is 3.32. The van der Waals surface area contributed by atoms with Crippen LogP contribution in [0.5, 0.6) is 23.0 Å². The predicted octanol–water partition coefficient (Wildman–Crippen LogP) is 10.8. The molecule has 0 atom stereocenters. The molecule has 0 amide bonds. The van der Waals surface area contributed by atoms with Crippen LogP contribution in [0.15, 0.2) is 109 Å². The Hall–Kier alpha value is -7.60. The molecule has 7 rings (SSSR count). The molecule has 0 saturated heterocycles. The second-order valence-corrected chi connectivity index (χ2v) is 17.0. The summed E-state index contributed by atoms with van der Waals surface area (Å²) < 4.78 is 26.4. The third-order valence-corrected chi connectivity index (χ3v) is 11.8. The maximum absolute atomic E-state index is 13.0. The SMILES string of the molecule is CCCOc1c2cc(C(=O)O)cc1Cc1cc(C(=O)O)cc(c1OCCCc1ccccc1)Cc1cc(C(=O)O)cc(c1OCCC)Cc1cc(C(=O)O)cc(c1OCCCc1ccccc1)C2. The first kappa shape index (κ1) is 48.3. The largest absolute Gasteiger partial charge is 0.493 e. The van der Waals surface area contributed by atoms with Gasteiger partial charge in [0.25, 0.3) is 0 Å². The van der Waals surface area contributed by atoms with E-state index in [2.05, 4.69) is 0 Å². The lowest BCUT2D eigenvalue weighted by Crippen LogP contribution is -2.14. The zero-order valence-corrected chi connectivity index (χ0v) is 38.3. The van der Waals surface area contributed by atoms with E-state index in [1.54, 1.807) is 0 Å². The molecule has 0 spiro atoms. The van der Waals surface area contributed by atoms with E-state index in [4.69, 9.17) is 18.9 Å². The minimum absolute atomic E-state index is 0.0157. The first-order chi connectivity index (χ1) is 32.9. The summed E-state index contributed by atoms with van der Waals surface area (Å²) in [5.41, 5.74) is 5.64. The Kier molecular flexibility index (Phi) is 16.2. The number of ether oxygens (including phenoxy) is 4. The first-order valence-electron chi connectivity index (χ1n) is 23.1. The highest BCUT2D eigenvalue weighted by Crippen LogP contribution is 2.41. The van der Waals surface area contributed by atoms with Crippen LogP contribution in [0.25, 0.3) is 0 Å². The lowest BCUT2D eigenvalue weighted by Gasteiger charge is -2.24. The van der Waals surface area contributed by atoms with Crippen molar-refractivity contribution in [3.63, 3.8) is 0 Å². The molecule has 8 bridgehead atoms. The minimum atomic E-state index is -1.20. The molecule has 1 aliphatic rings. The van der Waals surface area contributed by atoms with Gasteiger partial charge < -0.3 is 39.4 Å². The fourth-order valence-electron chi connectivity index (χ4n) is 8.72. The third kappa shape index (κ3) is 12.0. The number of aromatic carboxylic acids is 4. The summed E-state index contributed by atoms with van der Waals surface area (Å²) in [7, 11) is 0. The smallest absolute Gasteiger partial charge is 0.335 e. The summed E-state index contributed by atoms with van der Waals surface area (Å²) in [6.07, 6.45) is 3.81. The second-order valence-electron chi connectivity index (χ2n) is 17.0. The van der Waals surface area contributed by atoms with E-state index in [1.165, 1.54) is 48.5 Å². The summed E-state index contributed by atoms with van der Waals surface area (Å²) in [4.78, 5) is 51.8. The number of aryl methyl sites for hydroxylation is 2. The van der Waals surface area contributed by atoms with Gasteiger partial charge in [-0.1, -0.05) is 74.5 Å². The topological polar surface area (TPSA) is 186 Å². The molecule has 352 valence electrons. The average molecular weight is 921 g/mol. The van der Waals surface area contributed by atoms with E-state index in [0.29, 0.717) is 106 Å². The van der Waals surface area contributed by atoms with Crippen molar-refractivity contribution in [1.82, 2.24) is 0 Å². The van der Waals surface area contributed by atoms with Gasteiger partial charge in [-0.3, -0.25) is 0 Å². The van der Waals surface area contributed by atoms with Crippen molar-refractivity contribution in [1.29, 1.82) is 0 Å². The molecule has 6 aromatic carbocycles. The van der Waals surface area contributed by atoms with Crippen molar-refractivity contribution >= 4 is 23.9 Å². The Morgan fingerprint density at radius 2 is 0.618 bits per heavy atom. The lowest BCUT2D eigenvalue weighted by molar-refractivity contribution is 0.0685. The fraction of sp³-hybridized carbons (Fsp3) is 0.286. The Balaban J connectivity index is 1.49. The number of hydrogen-bond acceptors (Lipinski definition) is 8. The molecule has 4 N–H and O–H groups in total. The van der Waals surface area contributed by atoms with Gasteiger partial charge in [-0.05, 0) is 143 Å². The van der Waals surface area contributed by atoms with Gasteiger partial charge in [0.2, 0.25) is 0 Å². The van der Waals surface area contributed by atoms with Gasteiger partial charge in [0, 0.05) is 25.7 Å². The van der Waals surface area contributed by atoms with E-state index in [-0.39, 0.29) is 74.4 Å². The van der Waals surface area contributed by atoms with Crippen molar-refractivity contribution in [3.05, 3.63) is 187 Å². The summed E-state index contributed by atoms with van der Waals surface area (Å²) in [6.45, 7) is 4.91. The number of hydrogen-bond donors (Lipinski definition) is 4. The van der Waals surface area contributed by atoms with Crippen molar-refractivity contribution < 1.29 is 58.6 Å². The number of rotatable bonds is 20. The van der Waals surface area contributed by atoms with Crippen LogP contribution in [0, 0.1) is 0 Å². The molecule has 6 aromatic rings. The molecule has 12 nitrogen and oxygen atoms in total. The zero-order valence-electron chi connectivity index (χ0n) is 38.3. The molecule has 0 saturated carbocycles. The van der Waals surface area contributed by atoms with Crippen LogP contribution < -0.4 is 18.9 Å². The highest BCUT2D eigenvalue weighted by Gasteiger charge is 2.27.